The summed E-state index contributed by atoms with van der Waals surface area (Å²) in [5.74, 6) is -0.457. The largest absolute Gasteiger partial charge is 0.482 e. The van der Waals surface area contributed by atoms with Crippen LogP contribution in [0.15, 0.2) is 34.8 Å². The number of rotatable bonds is 3. The lowest BCUT2D eigenvalue weighted by atomic mass is 10.2. The van der Waals surface area contributed by atoms with Gasteiger partial charge in [-0.2, -0.15) is 0 Å². The van der Waals surface area contributed by atoms with Crippen LogP contribution in [0.2, 0.25) is 0 Å². The number of anilines is 1. The third kappa shape index (κ3) is 2.79. The third-order valence-corrected chi connectivity index (χ3v) is 4.60. The van der Waals surface area contributed by atoms with Gasteiger partial charge in [-0.25, -0.2) is 4.79 Å². The summed E-state index contributed by atoms with van der Waals surface area (Å²) in [6, 6.07) is 8.75. The van der Waals surface area contributed by atoms with Gasteiger partial charge in [-0.05, 0) is 30.3 Å². The van der Waals surface area contributed by atoms with Gasteiger partial charge in [0.05, 0.1) is 12.2 Å². The minimum Gasteiger partial charge on any atom is -0.482 e. The quantitative estimate of drug-likeness (QED) is 0.904. The molecule has 0 saturated heterocycles. The third-order valence-electron chi connectivity index (χ3n) is 3.05. The fraction of sp³-hybridized carbons (Fsp3) is 0.143. The first kappa shape index (κ1) is 14.1. The Morgan fingerprint density at radius 2 is 2.19 bits per heavy atom. The average Bonchev–Trinajstić information content (AvgIpc) is 2.91. The predicted molar refractivity (Wildman–Crippen MR) is 82.1 cm³/mol. The number of benzene rings is 1. The minimum absolute atomic E-state index is 0.00814. The Labute approximate surface area is 132 Å². The molecule has 0 unspecified atom stereocenters. The first-order valence-corrected chi connectivity index (χ1v) is 7.70. The maximum Gasteiger partial charge on any atom is 0.345 e. The molecule has 1 aliphatic rings. The smallest absolute Gasteiger partial charge is 0.345 e. The number of fused-ring (bicyclic) bond motifs is 1. The van der Waals surface area contributed by atoms with Crippen LogP contribution in [0.25, 0.3) is 0 Å². The van der Waals surface area contributed by atoms with Gasteiger partial charge in [0.2, 0.25) is 0 Å². The van der Waals surface area contributed by atoms with Gasteiger partial charge in [-0.1, -0.05) is 15.9 Å². The van der Waals surface area contributed by atoms with Gasteiger partial charge in [0.15, 0.2) is 6.61 Å². The molecule has 3 rings (SSSR count). The molecular formula is C14H10BrNO4S. The first-order chi connectivity index (χ1) is 10.0. The van der Waals surface area contributed by atoms with Crippen molar-refractivity contribution in [2.45, 2.75) is 6.54 Å². The molecule has 1 amide bonds. The van der Waals surface area contributed by atoms with Crippen molar-refractivity contribution in [2.75, 3.05) is 11.5 Å². The normalized spacial score (nSPS) is 13.8. The van der Waals surface area contributed by atoms with Crippen LogP contribution in [0, 0.1) is 0 Å². The number of carbonyl (C=O) groups excluding carboxylic acids is 1. The predicted octanol–water partition coefficient (Wildman–Crippen LogP) is 3.13. The number of aromatic carboxylic acids is 1. The number of amides is 1. The molecule has 5 nitrogen and oxygen atoms in total. The van der Waals surface area contributed by atoms with Crippen LogP contribution in [0.4, 0.5) is 5.69 Å². The van der Waals surface area contributed by atoms with E-state index < -0.39 is 5.97 Å². The Bertz CT molecular complexity index is 728. The summed E-state index contributed by atoms with van der Waals surface area (Å²) in [4.78, 5) is 25.7. The van der Waals surface area contributed by atoms with E-state index in [-0.39, 0.29) is 17.4 Å². The molecule has 0 bridgehead atoms. The van der Waals surface area contributed by atoms with Crippen molar-refractivity contribution >= 4 is 44.8 Å². The standard InChI is InChI=1S/C14H10BrNO4S/c15-8-1-3-11-10(5-8)16(13(17)7-20-11)6-9-2-4-12(21-9)14(18)19/h1-5H,6-7H2,(H,18,19). The van der Waals surface area contributed by atoms with Crippen molar-refractivity contribution in [1.82, 2.24) is 0 Å². The molecule has 7 heteroatoms. The van der Waals surface area contributed by atoms with Gasteiger partial charge in [-0.15, -0.1) is 11.3 Å². The van der Waals surface area contributed by atoms with E-state index in [1.165, 1.54) is 11.3 Å². The van der Waals surface area contributed by atoms with Crippen molar-refractivity contribution in [1.29, 1.82) is 0 Å². The second-order valence-corrected chi connectivity index (χ2v) is 6.54. The van der Waals surface area contributed by atoms with Crippen LogP contribution in [0.3, 0.4) is 0 Å². The molecule has 1 aliphatic heterocycles. The second-order valence-electron chi connectivity index (χ2n) is 4.45. The van der Waals surface area contributed by atoms with Crippen molar-refractivity contribution in [3.8, 4) is 5.75 Å². The van der Waals surface area contributed by atoms with E-state index in [0.717, 1.165) is 9.35 Å². The van der Waals surface area contributed by atoms with Crippen molar-refractivity contribution in [3.05, 3.63) is 44.6 Å². The highest BCUT2D eigenvalue weighted by atomic mass is 79.9. The molecule has 108 valence electrons. The molecule has 0 fully saturated rings. The Morgan fingerprint density at radius 3 is 2.90 bits per heavy atom. The average molecular weight is 368 g/mol. The van der Waals surface area contributed by atoms with Crippen LogP contribution < -0.4 is 9.64 Å². The van der Waals surface area contributed by atoms with Gasteiger partial charge in [-0.3, -0.25) is 4.79 Å². The summed E-state index contributed by atoms with van der Waals surface area (Å²) < 4.78 is 6.25. The van der Waals surface area contributed by atoms with Crippen LogP contribution in [0.5, 0.6) is 5.75 Å². The Kier molecular flexibility index (Phi) is 3.69. The van der Waals surface area contributed by atoms with E-state index in [4.69, 9.17) is 9.84 Å². The maximum atomic E-state index is 12.1. The number of hydrogen-bond acceptors (Lipinski definition) is 4. The first-order valence-electron chi connectivity index (χ1n) is 6.09. The number of halogens is 1. The zero-order valence-corrected chi connectivity index (χ0v) is 13.1. The highest BCUT2D eigenvalue weighted by molar-refractivity contribution is 9.10. The summed E-state index contributed by atoms with van der Waals surface area (Å²) in [6.07, 6.45) is 0. The fourth-order valence-electron chi connectivity index (χ4n) is 2.08. The molecule has 0 spiro atoms. The van der Waals surface area contributed by atoms with Crippen LogP contribution in [-0.2, 0) is 11.3 Å². The second kappa shape index (κ2) is 5.50. The number of nitrogens with zero attached hydrogens (tertiary/aromatic N) is 1. The molecule has 2 aromatic rings. The number of hydrogen-bond donors (Lipinski definition) is 1. The van der Waals surface area contributed by atoms with Gasteiger partial charge in [0, 0.05) is 9.35 Å². The van der Waals surface area contributed by atoms with Crippen LogP contribution in [0.1, 0.15) is 14.5 Å². The lowest BCUT2D eigenvalue weighted by Crippen LogP contribution is -2.38. The zero-order valence-electron chi connectivity index (χ0n) is 10.7. The summed E-state index contributed by atoms with van der Waals surface area (Å²) >= 11 is 4.55. The Balaban J connectivity index is 1.92. The molecule has 0 atom stereocenters. The van der Waals surface area contributed by atoms with Crippen molar-refractivity contribution < 1.29 is 19.4 Å². The summed E-state index contributed by atoms with van der Waals surface area (Å²) in [5.41, 5.74) is 0.686. The highest BCUT2D eigenvalue weighted by Crippen LogP contribution is 2.36. The monoisotopic (exact) mass is 367 g/mol. The SMILES string of the molecule is O=C(O)c1ccc(CN2C(=O)COc3ccc(Br)cc32)s1. The number of ether oxygens (including phenoxy) is 1. The molecule has 0 aliphatic carbocycles. The van der Waals surface area contributed by atoms with Crippen molar-refractivity contribution in [2.24, 2.45) is 0 Å². The topological polar surface area (TPSA) is 66.8 Å². The summed E-state index contributed by atoms with van der Waals surface area (Å²) in [5, 5.41) is 8.95. The lowest BCUT2D eigenvalue weighted by molar-refractivity contribution is -0.121. The van der Waals surface area contributed by atoms with E-state index in [1.54, 1.807) is 23.1 Å². The van der Waals surface area contributed by atoms with E-state index in [2.05, 4.69) is 15.9 Å². The molecule has 0 radical (unpaired) electrons. The van der Waals surface area contributed by atoms with Crippen LogP contribution in [-0.4, -0.2) is 23.6 Å². The number of carboxylic acid groups (broad SMARTS) is 1. The Hall–Kier alpha value is -1.86. The minimum atomic E-state index is -0.956. The Morgan fingerprint density at radius 1 is 1.38 bits per heavy atom. The summed E-state index contributed by atoms with van der Waals surface area (Å²) in [7, 11) is 0. The van der Waals surface area contributed by atoms with Gasteiger partial charge >= 0.3 is 5.97 Å². The van der Waals surface area contributed by atoms with Gasteiger partial charge < -0.3 is 14.7 Å². The molecule has 1 aromatic carbocycles. The van der Waals surface area contributed by atoms with E-state index in [9.17, 15) is 9.59 Å². The molecule has 2 heterocycles. The lowest BCUT2D eigenvalue weighted by Gasteiger charge is -2.29. The summed E-state index contributed by atoms with van der Waals surface area (Å²) in [6.45, 7) is 0.329. The maximum absolute atomic E-state index is 12.1. The highest BCUT2D eigenvalue weighted by Gasteiger charge is 2.26. The van der Waals surface area contributed by atoms with E-state index in [1.807, 2.05) is 12.1 Å². The van der Waals surface area contributed by atoms with Gasteiger partial charge in [0.1, 0.15) is 10.6 Å². The number of thiophene rings is 1. The number of carbonyl (C=O) groups is 2. The van der Waals surface area contributed by atoms with Gasteiger partial charge in [0.25, 0.3) is 5.91 Å². The molecule has 21 heavy (non-hydrogen) atoms. The van der Waals surface area contributed by atoms with E-state index >= 15 is 0 Å². The van der Waals surface area contributed by atoms with Crippen LogP contribution >= 0.6 is 27.3 Å². The zero-order chi connectivity index (χ0) is 15.0. The molecule has 0 saturated carbocycles. The molecular weight excluding hydrogens is 358 g/mol. The molecule has 1 aromatic heterocycles. The molecule has 1 N–H and O–H groups in total. The fourth-order valence-corrected chi connectivity index (χ4v) is 3.27. The van der Waals surface area contributed by atoms with Crippen molar-refractivity contribution in [3.63, 3.8) is 0 Å². The van der Waals surface area contributed by atoms with E-state index in [0.29, 0.717) is 18.0 Å². The number of carboxylic acids is 1.